The third kappa shape index (κ3) is 0.835. The Bertz CT molecular complexity index is 4670. The van der Waals surface area contributed by atoms with E-state index in [-0.39, 0.29) is 0 Å². The summed E-state index contributed by atoms with van der Waals surface area (Å²) in [5, 5.41) is 0. The molecule has 48 aliphatic rings. The summed E-state index contributed by atoms with van der Waals surface area (Å²) < 4.78 is 0. The highest BCUT2D eigenvalue weighted by molar-refractivity contribution is 5.91. The highest BCUT2D eigenvalue weighted by Gasteiger charge is 3.46. The average Bonchev–Trinajstić information content (AvgIpc) is 1.20. The van der Waals surface area contributed by atoms with Crippen molar-refractivity contribution in [3.05, 3.63) is 0 Å². The van der Waals surface area contributed by atoms with Crippen LogP contribution in [-0.4, -0.2) is 0 Å². The van der Waals surface area contributed by atoms with Crippen LogP contribution in [0.3, 0.4) is 0 Å². The number of hydrogen-bond donors (Lipinski definition) is 0. The lowest BCUT2D eigenvalue weighted by molar-refractivity contribution is -0.974. The summed E-state index contributed by atoms with van der Waals surface area (Å²) >= 11 is 0. The van der Waals surface area contributed by atoms with Gasteiger partial charge in [0.2, 0.25) is 0 Å². The van der Waals surface area contributed by atoms with Crippen molar-refractivity contribution in [3.63, 3.8) is 0 Å². The maximum absolute atomic E-state index is 1.88. The van der Waals surface area contributed by atoms with Crippen LogP contribution in [0.4, 0.5) is 0 Å². The molecule has 0 saturated heterocycles. The third-order valence-corrected chi connectivity index (χ3v) is 60.1. The third-order valence-electron chi connectivity index (χ3n) is 60.1. The Balaban J connectivity index is 0.675. The molecule has 356 valence electrons. The Kier molecular flexibility index (Phi) is 1.77. The number of fused-ring (bicyclic) bond motifs is 24. The second-order valence-corrected chi connectivity index (χ2v) is 47.0. The normalized spacial score (nSPS) is 129. The molecule has 70 unspecified atom stereocenters. The van der Waals surface area contributed by atoms with E-state index in [1.54, 1.807) is 0 Å². The molecule has 48 saturated carbocycles. The average molecular weight is 957 g/mol. The molecule has 0 bridgehead atoms. The van der Waals surface area contributed by atoms with Crippen molar-refractivity contribution in [2.24, 2.45) is 409 Å². The van der Waals surface area contributed by atoms with Crippen LogP contribution in [-0.2, 0) is 0 Å². The van der Waals surface area contributed by atoms with Crippen molar-refractivity contribution in [2.45, 2.75) is 25.7 Å². The highest BCUT2D eigenvalue weighted by atomic mass is 15.5. The molecule has 0 aromatic rings. The summed E-state index contributed by atoms with van der Waals surface area (Å²) in [6.07, 6.45) is 7.49. The zero-order valence-corrected chi connectivity index (χ0v) is 42.0. The number of rotatable bonds is 0. The highest BCUT2D eigenvalue weighted by Crippen LogP contribution is 3.48. The minimum atomic E-state index is 1.01. The van der Waals surface area contributed by atoms with Gasteiger partial charge in [0.05, 0.1) is 0 Å². The molecule has 48 fully saturated rings. The van der Waals surface area contributed by atoms with Gasteiger partial charge in [-0.25, -0.2) is 0 Å². The van der Waals surface area contributed by atoms with E-state index in [1.165, 1.54) is 284 Å². The van der Waals surface area contributed by atoms with Gasteiger partial charge in [0.1, 0.15) is 0 Å². The predicted molar refractivity (Wildman–Crippen MR) is 242 cm³/mol. The number of hydrogen-bond acceptors (Lipinski definition) is 0. The molecule has 0 aromatic carbocycles. The first-order chi connectivity index (χ1) is 37.3. The predicted octanol–water partition coefficient (Wildman–Crippen LogP) is 7.46. The summed E-state index contributed by atoms with van der Waals surface area (Å²) in [5.74, 6) is 66.8. The smallest absolute Gasteiger partial charge is 0.00591 e. The van der Waals surface area contributed by atoms with Crippen LogP contribution >= 0.6 is 0 Å². The molecule has 0 heterocycles. The molecule has 0 radical (unpaired) electrons. The molecule has 48 aliphatic carbocycles. The lowest BCUT2D eigenvalue weighted by atomic mass is 8.60. The van der Waals surface area contributed by atoms with Crippen LogP contribution in [0.25, 0.3) is 0 Å². The van der Waals surface area contributed by atoms with Crippen LogP contribution in [0.5, 0.6) is 0 Å². The quantitative estimate of drug-likeness (QED) is 0.237. The monoisotopic (exact) mass is 956 g/mol. The van der Waals surface area contributed by atoms with Gasteiger partial charge in [-0.3, -0.25) is 0 Å². The fourth-order valence-corrected chi connectivity index (χ4v) is 72.5. The molecule has 0 N–H and O–H groups in total. The van der Waals surface area contributed by atoms with E-state index >= 15 is 0 Å². The molecular formula is C75H56. The van der Waals surface area contributed by atoms with Gasteiger partial charge in [0, 0.05) is 0 Å². The first-order valence-electron chi connectivity index (χ1n) is 37.3. The molecule has 0 amide bonds. The van der Waals surface area contributed by atoms with Crippen LogP contribution < -0.4 is 0 Å². The Morgan fingerprint density at radius 2 is 0.653 bits per heavy atom. The van der Waals surface area contributed by atoms with E-state index in [4.69, 9.17) is 0 Å². The molecule has 0 nitrogen and oxygen atoms in total. The summed E-state index contributed by atoms with van der Waals surface area (Å²) in [4.78, 5) is 0. The Hall–Kier alpha value is 0. The van der Waals surface area contributed by atoms with Crippen molar-refractivity contribution >= 4 is 0 Å². The van der Waals surface area contributed by atoms with Gasteiger partial charge in [-0.05, 0) is 434 Å². The van der Waals surface area contributed by atoms with E-state index < -0.39 is 0 Å². The van der Waals surface area contributed by atoms with Gasteiger partial charge in [-0.1, -0.05) is 0 Å². The zero-order chi connectivity index (χ0) is 42.0. The van der Waals surface area contributed by atoms with Crippen molar-refractivity contribution in [2.75, 3.05) is 0 Å². The van der Waals surface area contributed by atoms with Gasteiger partial charge in [0.25, 0.3) is 0 Å². The van der Waals surface area contributed by atoms with Gasteiger partial charge >= 0.3 is 0 Å². The topological polar surface area (TPSA) is 0 Å². The summed E-state index contributed by atoms with van der Waals surface area (Å²) in [6, 6.07) is 0. The summed E-state index contributed by atoms with van der Waals surface area (Å²) in [5.41, 5.74) is 24.5. The van der Waals surface area contributed by atoms with E-state index in [1.807, 2.05) is 25.7 Å². The fraction of sp³-hybridized carbons (Fsp3) is 1.00. The molecular weight excluding hydrogens is 901 g/mol. The minimum absolute atomic E-state index is 1.01. The summed E-state index contributed by atoms with van der Waals surface area (Å²) in [7, 11) is 0. The first kappa shape index (κ1) is 27.6. The van der Waals surface area contributed by atoms with E-state index in [0.29, 0.717) is 0 Å². The Morgan fingerprint density at radius 3 is 1.31 bits per heavy atom. The molecule has 75 heavy (non-hydrogen) atoms. The molecule has 23 spiro atoms. The van der Waals surface area contributed by atoms with Gasteiger partial charge < -0.3 is 0 Å². The van der Waals surface area contributed by atoms with Crippen molar-refractivity contribution in [1.29, 1.82) is 0 Å². The Morgan fingerprint density at radius 1 is 0.173 bits per heavy atom. The second kappa shape index (κ2) is 4.82. The standard InChI is InChI=1S/C75H56/c1-5-2-11-20-24-26-32-36-41-37-33-31-30-29-28-27-25-21-10-4-9-12-6-3-8-16(6)54-18(8)14-22-13-17-7(1)19-23-15(5)57(11)67(23)49-44-40-45-52-71(36,66(32,45)62(26,40)63(24,44)68(20,49)57)75(41)70(37)51(73(52,75)56(22,46(14)54)47(13)55(17,19)67)43-39-35-34-38-42-50-69(25,74(21)53(9,10)48(12)72(50,54)74)64(27,42)60(28,38)58(29,34)59(30,35)61(31,39)65(33,43)70/h5-52H,1-4H2/t5?,6?,7?,8-,9?,10?,11?,12?,13?,14?,15?,16?,17?,18?,19?,20?,21?,22?,23?,24?,25?,26?,27?,28?,29?,30?,31?,32?,33?,34?,35?,36?,37?,38?,39?,40?,41?,42?,43?,44?,45?,46?,47?,48?,49?,50?,51?,52?,53?,54?,55?,56?,57?,58?,59?,60?,61?,62?,63?,64?,65?,66?,67?,68?,69?,70?,71?,72?,73?,74?,75?/m0/s1. The van der Waals surface area contributed by atoms with Gasteiger partial charge in [-0.15, -0.1) is 0 Å². The van der Waals surface area contributed by atoms with E-state index in [9.17, 15) is 0 Å². The van der Waals surface area contributed by atoms with Crippen LogP contribution in [0, 0.1) is 409 Å². The van der Waals surface area contributed by atoms with Gasteiger partial charge in [0.15, 0.2) is 0 Å². The minimum Gasteiger partial charge on any atom is -0.0467 e. The van der Waals surface area contributed by atoms with E-state index in [2.05, 4.69) is 0 Å². The SMILES string of the molecule is C1C2CC3C4C5C6C7C8C9C%10C%11C%12C%13C%14C%15C%16C%17C%18C%19CC%20C%21C%22C[C@H]%23C%22C%22%24C%23C%23C%25C%26C%27C1C1C%28C2C32C%283C%28C%29C%30C%31C%32C%33(C%34C%35C%36C%37C%38C%39C%40C%41C%22%42C%21C%20%19C%18%42C%17%41C%16%40C%15%39C%14%38C%13%37C%12%36C%11%35C%10%34C9%33C8%32C7%31C6%30C5%29C4%282)C%25(C%26C%2713)C%23%24. The van der Waals surface area contributed by atoms with Crippen LogP contribution in [0.1, 0.15) is 25.7 Å². The Labute approximate surface area is 431 Å². The molecule has 0 heteroatoms. The molecule has 0 aliphatic heterocycles. The van der Waals surface area contributed by atoms with Crippen LogP contribution in [0.15, 0.2) is 0 Å². The van der Waals surface area contributed by atoms with E-state index in [0.717, 1.165) is 125 Å². The maximum atomic E-state index is 1.88. The molecule has 71 atom stereocenters. The van der Waals surface area contributed by atoms with Crippen molar-refractivity contribution in [3.8, 4) is 0 Å². The largest absolute Gasteiger partial charge is 0.0467 e. The zero-order valence-electron chi connectivity index (χ0n) is 42.0. The van der Waals surface area contributed by atoms with Crippen molar-refractivity contribution in [1.82, 2.24) is 0 Å². The molecule has 48 rings (SSSR count). The van der Waals surface area contributed by atoms with Crippen LogP contribution in [0.2, 0.25) is 0 Å². The fourth-order valence-electron chi connectivity index (χ4n) is 72.5. The second-order valence-electron chi connectivity index (χ2n) is 47.0. The lowest BCUT2D eigenvalue weighted by Gasteiger charge is -3.42. The first-order valence-corrected chi connectivity index (χ1v) is 37.3. The maximum Gasteiger partial charge on any atom is -0.00591 e. The summed E-state index contributed by atoms with van der Waals surface area (Å²) in [6.45, 7) is 0. The van der Waals surface area contributed by atoms with Crippen molar-refractivity contribution < 1.29 is 0 Å². The molecule has 0 aromatic heterocycles. The lowest BCUT2D eigenvalue weighted by Crippen LogP contribution is -3.41. The van der Waals surface area contributed by atoms with Gasteiger partial charge in [-0.2, -0.15) is 0 Å².